The summed E-state index contributed by atoms with van der Waals surface area (Å²) in [6, 6.07) is 12.5. The van der Waals surface area contributed by atoms with Crippen LogP contribution in [0, 0.1) is 0 Å². The molecule has 0 aliphatic carbocycles. The summed E-state index contributed by atoms with van der Waals surface area (Å²) >= 11 is 0. The largest absolute Gasteiger partial charge is 3.00 e. The van der Waals surface area contributed by atoms with Crippen molar-refractivity contribution in [3.8, 4) is 5.75 Å². The first-order valence-corrected chi connectivity index (χ1v) is 16.2. The molecule has 2 nitrogen and oxygen atoms in total. The van der Waals surface area contributed by atoms with Crippen molar-refractivity contribution in [3.63, 3.8) is 0 Å². The first kappa shape index (κ1) is 27.7. The van der Waals surface area contributed by atoms with Crippen LogP contribution in [-0.4, -0.2) is 21.9 Å². The van der Waals surface area contributed by atoms with Crippen LogP contribution >= 0.6 is 0 Å². The van der Waals surface area contributed by atoms with Crippen molar-refractivity contribution < 1.29 is 51.0 Å². The Bertz CT molecular complexity index is 1070. The van der Waals surface area contributed by atoms with E-state index in [0.717, 1.165) is 5.75 Å². The fourth-order valence-electron chi connectivity index (χ4n) is 4.41. The molecule has 1 heterocycles. The van der Waals surface area contributed by atoms with Gasteiger partial charge >= 0.3 is 21.7 Å². The summed E-state index contributed by atoms with van der Waals surface area (Å²) in [5.41, 5.74) is 1.30. The molecule has 0 saturated carbocycles. The molecule has 1 radical (unpaired) electrons. The van der Waals surface area contributed by atoms with Gasteiger partial charge in [-0.15, -0.1) is 33.5 Å². The molecule has 1 N–H and O–H groups in total. The van der Waals surface area contributed by atoms with Gasteiger partial charge in [0.15, 0.2) is 0 Å². The summed E-state index contributed by atoms with van der Waals surface area (Å²) < 4.78 is 6.81. The zero-order valence-electron chi connectivity index (χ0n) is 19.3. The van der Waals surface area contributed by atoms with Gasteiger partial charge in [-0.2, -0.15) is 0 Å². The second kappa shape index (κ2) is 8.88. The number of nitrogens with one attached hydrogen (secondary N) is 1. The SMILES string of the molecule is CC[Si]1(C)c2c(NC(C)(C)C)c(O[Si](C)(C)C)c3c([cH-]c4ccccc43)c21.[Cl-].[Cl-].[Ti+3]. The van der Waals surface area contributed by atoms with E-state index in [0.29, 0.717) is 0 Å². The molecular weight excluding hydrogens is 481 g/mol. The van der Waals surface area contributed by atoms with E-state index in [1.807, 2.05) is 0 Å². The monoisotopic (exact) mass is 512 g/mol. The molecule has 4 rings (SSSR count). The Balaban J connectivity index is 0.00000150. The van der Waals surface area contributed by atoms with Crippen LogP contribution in [0.15, 0.2) is 30.3 Å². The van der Waals surface area contributed by atoms with Crippen LogP contribution in [0.1, 0.15) is 27.7 Å². The molecule has 0 fully saturated rings. The average molecular weight is 513 g/mol. The molecule has 1 atom stereocenters. The van der Waals surface area contributed by atoms with Crippen LogP contribution in [0.3, 0.4) is 0 Å². The third-order valence-electron chi connectivity index (χ3n) is 5.68. The molecule has 0 bridgehead atoms. The Kier molecular flexibility index (Phi) is 8.19. The van der Waals surface area contributed by atoms with Crippen molar-refractivity contribution in [2.24, 2.45) is 0 Å². The Hall–Kier alpha value is -0.362. The maximum Gasteiger partial charge on any atom is 3.00 e. The van der Waals surface area contributed by atoms with Gasteiger partial charge in [0.1, 0.15) is 0 Å². The topological polar surface area (TPSA) is 21.3 Å². The molecule has 161 valence electrons. The second-order valence-electron chi connectivity index (χ2n) is 10.2. The normalized spacial score (nSPS) is 17.5. The van der Waals surface area contributed by atoms with Gasteiger partial charge in [0.2, 0.25) is 8.32 Å². The maximum atomic E-state index is 6.81. The summed E-state index contributed by atoms with van der Waals surface area (Å²) in [5.74, 6) is 1.11. The average Bonchev–Trinajstić information content (AvgIpc) is 2.98. The van der Waals surface area contributed by atoms with Gasteiger partial charge < -0.3 is 34.6 Å². The standard InChI is InChI=1S/C23H32NOSi2.2ClH.Ti/c1-9-27(8)21-17-14-15-12-10-11-13-16(15)18(17)20(25-26(5,6)7)19(22(21)27)24-23(2,3)4;;;/h10-14,24H,9H2,1-8H3;2*1H;/q-1;;;+3/p-2. The van der Waals surface area contributed by atoms with Crippen LogP contribution in [-0.2, 0) is 21.7 Å². The number of halogens is 2. The fraction of sp³-hybridized carbons (Fsp3) is 0.435. The zero-order chi connectivity index (χ0) is 19.8. The minimum Gasteiger partial charge on any atom is -1.00 e. The van der Waals surface area contributed by atoms with Gasteiger partial charge in [0.05, 0.1) is 19.5 Å². The van der Waals surface area contributed by atoms with E-state index in [9.17, 15) is 0 Å². The molecule has 1 aliphatic heterocycles. The summed E-state index contributed by atoms with van der Waals surface area (Å²) in [5, 5.41) is 12.6. The van der Waals surface area contributed by atoms with Gasteiger partial charge in [-0.3, -0.25) is 0 Å². The van der Waals surface area contributed by atoms with Crippen molar-refractivity contribution in [2.75, 3.05) is 5.32 Å². The molecule has 7 heteroatoms. The molecule has 1 aliphatic rings. The van der Waals surface area contributed by atoms with E-state index in [2.05, 4.69) is 89.5 Å². The molecular formula is C23H32Cl2NOSi2Ti. The van der Waals surface area contributed by atoms with Crippen LogP contribution in [0.2, 0.25) is 32.2 Å². The first-order chi connectivity index (χ1) is 12.5. The fourth-order valence-corrected chi connectivity index (χ4v) is 9.18. The smallest absolute Gasteiger partial charge is 1.00 e. The summed E-state index contributed by atoms with van der Waals surface area (Å²) in [4.78, 5) is 0. The minimum atomic E-state index is -1.76. The number of anilines is 1. The Morgan fingerprint density at radius 3 is 2.20 bits per heavy atom. The van der Waals surface area contributed by atoms with E-state index < -0.39 is 16.4 Å². The molecule has 1 unspecified atom stereocenters. The number of rotatable bonds is 4. The van der Waals surface area contributed by atoms with E-state index in [1.54, 1.807) is 10.4 Å². The summed E-state index contributed by atoms with van der Waals surface area (Å²) in [6.07, 6.45) is 0. The van der Waals surface area contributed by atoms with Gasteiger partial charge in [-0.1, -0.05) is 48.3 Å². The summed E-state index contributed by atoms with van der Waals surface area (Å²) in [7, 11) is -3.29. The van der Waals surface area contributed by atoms with E-state index >= 15 is 0 Å². The van der Waals surface area contributed by atoms with Crippen molar-refractivity contribution >= 4 is 54.0 Å². The predicted molar refractivity (Wildman–Crippen MR) is 126 cm³/mol. The molecule has 0 spiro atoms. The van der Waals surface area contributed by atoms with Crippen molar-refractivity contribution in [2.45, 2.75) is 65.5 Å². The van der Waals surface area contributed by atoms with Crippen molar-refractivity contribution in [1.29, 1.82) is 0 Å². The second-order valence-corrected chi connectivity index (χ2v) is 19.0. The Morgan fingerprint density at radius 2 is 1.67 bits per heavy atom. The summed E-state index contributed by atoms with van der Waals surface area (Å²) in [6.45, 7) is 18.5. The number of hydrogen-bond acceptors (Lipinski definition) is 2. The Morgan fingerprint density at radius 1 is 1.07 bits per heavy atom. The quantitative estimate of drug-likeness (QED) is 0.381. The van der Waals surface area contributed by atoms with Crippen LogP contribution < -0.4 is 44.9 Å². The van der Waals surface area contributed by atoms with Crippen molar-refractivity contribution in [3.05, 3.63) is 30.3 Å². The molecule has 30 heavy (non-hydrogen) atoms. The predicted octanol–water partition coefficient (Wildman–Crippen LogP) is -0.332. The van der Waals surface area contributed by atoms with E-state index in [1.165, 1.54) is 33.3 Å². The van der Waals surface area contributed by atoms with Crippen LogP contribution in [0.5, 0.6) is 5.75 Å². The van der Waals surface area contributed by atoms with Gasteiger partial charge in [0.25, 0.3) is 0 Å². The third kappa shape index (κ3) is 4.55. The van der Waals surface area contributed by atoms with E-state index in [4.69, 9.17) is 4.43 Å². The molecule has 0 saturated heterocycles. The van der Waals surface area contributed by atoms with Gasteiger partial charge in [0, 0.05) is 5.54 Å². The Labute approximate surface area is 210 Å². The van der Waals surface area contributed by atoms with Gasteiger partial charge in [-0.05, 0) is 40.4 Å². The number of hydrogen-bond donors (Lipinski definition) is 1. The van der Waals surface area contributed by atoms with Crippen molar-refractivity contribution in [1.82, 2.24) is 0 Å². The minimum absolute atomic E-state index is 0. The number of benzene rings is 2. The molecule has 0 aromatic heterocycles. The van der Waals surface area contributed by atoms with Gasteiger partial charge in [-0.25, -0.2) is 0 Å². The van der Waals surface area contributed by atoms with Crippen LogP contribution in [0.4, 0.5) is 5.69 Å². The first-order valence-electron chi connectivity index (χ1n) is 10.1. The van der Waals surface area contributed by atoms with E-state index in [-0.39, 0.29) is 52.1 Å². The molecule has 0 amide bonds. The molecule has 3 aromatic rings. The zero-order valence-corrected chi connectivity index (χ0v) is 24.3. The molecule has 3 aromatic carbocycles. The maximum absolute atomic E-state index is 6.81. The number of fused-ring (bicyclic) bond motifs is 5. The third-order valence-corrected chi connectivity index (χ3v) is 10.9. The van der Waals surface area contributed by atoms with Crippen LogP contribution in [0.25, 0.3) is 21.5 Å².